The number of methoxy groups -OCH3 is 1. The highest BCUT2D eigenvalue weighted by Gasteiger charge is 2.09. The van der Waals surface area contributed by atoms with E-state index in [1.165, 1.54) is 19.4 Å². The van der Waals surface area contributed by atoms with Gasteiger partial charge in [-0.3, -0.25) is 14.6 Å². The molecule has 92 valence electrons. The van der Waals surface area contributed by atoms with Gasteiger partial charge in [0.15, 0.2) is 5.75 Å². The van der Waals surface area contributed by atoms with Gasteiger partial charge in [0.05, 0.1) is 7.11 Å². The molecule has 2 N–H and O–H groups in total. The van der Waals surface area contributed by atoms with Gasteiger partial charge in [0.1, 0.15) is 5.69 Å². The number of carbonyl (C=O) groups is 1. The first-order valence-electron chi connectivity index (χ1n) is 5.19. The van der Waals surface area contributed by atoms with Gasteiger partial charge < -0.3 is 15.0 Å². The quantitative estimate of drug-likeness (QED) is 0.845. The van der Waals surface area contributed by atoms with E-state index in [1.54, 1.807) is 24.5 Å². The zero-order chi connectivity index (χ0) is 13.0. The van der Waals surface area contributed by atoms with Crippen molar-refractivity contribution in [3.05, 3.63) is 52.7 Å². The fourth-order valence-electron chi connectivity index (χ4n) is 1.38. The van der Waals surface area contributed by atoms with E-state index in [0.717, 1.165) is 0 Å². The van der Waals surface area contributed by atoms with E-state index < -0.39 is 5.91 Å². The van der Waals surface area contributed by atoms with Crippen molar-refractivity contribution in [1.29, 1.82) is 0 Å². The Hall–Kier alpha value is -2.63. The van der Waals surface area contributed by atoms with Gasteiger partial charge in [-0.05, 0) is 12.1 Å². The average molecular weight is 245 g/mol. The molecule has 0 bridgehead atoms. The SMILES string of the molecule is COc1c[nH]c(C(=O)Nc2ccncc2)cc1=O. The lowest BCUT2D eigenvalue weighted by Gasteiger charge is -2.05. The number of pyridine rings is 2. The van der Waals surface area contributed by atoms with E-state index in [0.29, 0.717) is 5.69 Å². The molecule has 0 aliphatic heterocycles. The van der Waals surface area contributed by atoms with Crippen LogP contribution in [-0.4, -0.2) is 23.0 Å². The molecule has 6 nitrogen and oxygen atoms in total. The third kappa shape index (κ3) is 2.54. The van der Waals surface area contributed by atoms with Crippen LogP contribution in [0.15, 0.2) is 41.6 Å². The Morgan fingerprint density at radius 2 is 2.11 bits per heavy atom. The van der Waals surface area contributed by atoms with Crippen LogP contribution in [0.2, 0.25) is 0 Å². The van der Waals surface area contributed by atoms with Gasteiger partial charge in [-0.1, -0.05) is 0 Å². The summed E-state index contributed by atoms with van der Waals surface area (Å²) >= 11 is 0. The first kappa shape index (κ1) is 11.8. The molecule has 6 heteroatoms. The Kier molecular flexibility index (Phi) is 3.38. The Balaban J connectivity index is 2.20. The highest BCUT2D eigenvalue weighted by molar-refractivity contribution is 6.02. The van der Waals surface area contributed by atoms with Gasteiger partial charge >= 0.3 is 0 Å². The summed E-state index contributed by atoms with van der Waals surface area (Å²) in [6, 6.07) is 4.49. The fourth-order valence-corrected chi connectivity index (χ4v) is 1.38. The van der Waals surface area contributed by atoms with Gasteiger partial charge in [-0.25, -0.2) is 0 Å². The summed E-state index contributed by atoms with van der Waals surface area (Å²) in [6.07, 6.45) is 4.47. The predicted octanol–water partition coefficient (Wildman–Crippen LogP) is 1.03. The van der Waals surface area contributed by atoms with Crippen molar-refractivity contribution in [3.63, 3.8) is 0 Å². The third-order valence-electron chi connectivity index (χ3n) is 2.28. The molecule has 0 unspecified atom stereocenters. The molecule has 0 radical (unpaired) electrons. The molecular formula is C12H11N3O3. The number of hydrogen-bond acceptors (Lipinski definition) is 4. The van der Waals surface area contributed by atoms with Crippen molar-refractivity contribution >= 4 is 11.6 Å². The van der Waals surface area contributed by atoms with Crippen LogP contribution in [-0.2, 0) is 0 Å². The van der Waals surface area contributed by atoms with E-state index in [9.17, 15) is 9.59 Å². The van der Waals surface area contributed by atoms with Crippen molar-refractivity contribution in [2.45, 2.75) is 0 Å². The van der Waals surface area contributed by atoms with Crippen LogP contribution in [0.4, 0.5) is 5.69 Å². The Morgan fingerprint density at radius 1 is 1.39 bits per heavy atom. The van der Waals surface area contributed by atoms with Gasteiger partial charge in [-0.2, -0.15) is 0 Å². The average Bonchev–Trinajstić information content (AvgIpc) is 2.39. The van der Waals surface area contributed by atoms with Crippen molar-refractivity contribution < 1.29 is 9.53 Å². The molecular weight excluding hydrogens is 234 g/mol. The maximum absolute atomic E-state index is 11.8. The van der Waals surface area contributed by atoms with Crippen LogP contribution in [0.5, 0.6) is 5.75 Å². The van der Waals surface area contributed by atoms with Crippen molar-refractivity contribution in [2.75, 3.05) is 12.4 Å². The molecule has 2 aromatic rings. The zero-order valence-corrected chi connectivity index (χ0v) is 9.64. The van der Waals surface area contributed by atoms with Crippen LogP contribution >= 0.6 is 0 Å². The van der Waals surface area contributed by atoms with Crippen molar-refractivity contribution in [3.8, 4) is 5.75 Å². The second-order valence-electron chi connectivity index (χ2n) is 3.47. The number of amides is 1. The summed E-state index contributed by atoms with van der Waals surface area (Å²) in [6.45, 7) is 0. The fraction of sp³-hybridized carbons (Fsp3) is 0.0833. The van der Waals surface area contributed by atoms with Gasteiger partial charge in [0, 0.05) is 30.3 Å². The molecule has 18 heavy (non-hydrogen) atoms. The minimum Gasteiger partial charge on any atom is -0.491 e. The molecule has 0 atom stereocenters. The van der Waals surface area contributed by atoms with Crippen LogP contribution in [0.3, 0.4) is 0 Å². The maximum atomic E-state index is 11.8. The van der Waals surface area contributed by atoms with Crippen LogP contribution in [0.25, 0.3) is 0 Å². The Morgan fingerprint density at radius 3 is 2.72 bits per heavy atom. The van der Waals surface area contributed by atoms with Crippen molar-refractivity contribution in [1.82, 2.24) is 9.97 Å². The van der Waals surface area contributed by atoms with Crippen LogP contribution in [0.1, 0.15) is 10.5 Å². The number of carbonyl (C=O) groups excluding carboxylic acids is 1. The molecule has 0 aliphatic carbocycles. The molecule has 0 fully saturated rings. The van der Waals surface area contributed by atoms with Crippen molar-refractivity contribution in [2.24, 2.45) is 0 Å². The summed E-state index contributed by atoms with van der Waals surface area (Å²) in [7, 11) is 1.39. The number of H-pyrrole nitrogens is 1. The van der Waals surface area contributed by atoms with Gasteiger partial charge in [-0.15, -0.1) is 0 Å². The first-order valence-corrected chi connectivity index (χ1v) is 5.19. The van der Waals surface area contributed by atoms with E-state index in [2.05, 4.69) is 15.3 Å². The van der Waals surface area contributed by atoms with E-state index in [4.69, 9.17) is 4.74 Å². The molecule has 2 aromatic heterocycles. The molecule has 1 amide bonds. The molecule has 0 saturated heterocycles. The summed E-state index contributed by atoms with van der Waals surface area (Å²) in [5.41, 5.74) is 0.417. The summed E-state index contributed by atoms with van der Waals surface area (Å²) in [4.78, 5) is 29.8. The first-order chi connectivity index (χ1) is 8.70. The number of aromatic amines is 1. The van der Waals surface area contributed by atoms with E-state index >= 15 is 0 Å². The molecule has 0 aromatic carbocycles. The molecule has 2 rings (SSSR count). The Bertz CT molecular complexity index is 607. The monoisotopic (exact) mass is 245 g/mol. The molecule has 0 saturated carbocycles. The second-order valence-corrected chi connectivity index (χ2v) is 3.47. The number of ether oxygens (including phenoxy) is 1. The normalized spacial score (nSPS) is 9.83. The maximum Gasteiger partial charge on any atom is 0.272 e. The number of nitrogens with one attached hydrogen (secondary N) is 2. The minimum absolute atomic E-state index is 0.162. The number of hydrogen-bond donors (Lipinski definition) is 2. The zero-order valence-electron chi connectivity index (χ0n) is 9.64. The lowest BCUT2D eigenvalue weighted by molar-refractivity contribution is 0.102. The van der Waals surface area contributed by atoms with Crippen LogP contribution < -0.4 is 15.5 Å². The standard InChI is InChI=1S/C12H11N3O3/c1-18-11-7-14-9(6-10(11)16)12(17)15-8-2-4-13-5-3-8/h2-7H,1H3,(H,14,16)(H,13,15,17). The number of nitrogens with zero attached hydrogens (tertiary/aromatic N) is 1. The summed E-state index contributed by atoms with van der Waals surface area (Å²) in [5.74, 6) is -0.239. The van der Waals surface area contributed by atoms with Gasteiger partial charge in [0.25, 0.3) is 5.91 Å². The van der Waals surface area contributed by atoms with E-state index in [1.807, 2.05) is 0 Å². The lowest BCUT2D eigenvalue weighted by atomic mass is 10.3. The summed E-state index contributed by atoms with van der Waals surface area (Å²) in [5, 5.41) is 2.63. The smallest absolute Gasteiger partial charge is 0.272 e. The van der Waals surface area contributed by atoms with Gasteiger partial charge in [0.2, 0.25) is 5.43 Å². The van der Waals surface area contributed by atoms with E-state index in [-0.39, 0.29) is 16.9 Å². The largest absolute Gasteiger partial charge is 0.491 e. The molecule has 0 aliphatic rings. The minimum atomic E-state index is -0.402. The Labute approximate surface area is 103 Å². The van der Waals surface area contributed by atoms with Crippen LogP contribution in [0, 0.1) is 0 Å². The summed E-state index contributed by atoms with van der Waals surface area (Å²) < 4.78 is 4.81. The predicted molar refractivity (Wildman–Crippen MR) is 65.8 cm³/mol. The highest BCUT2D eigenvalue weighted by atomic mass is 16.5. The number of rotatable bonds is 3. The molecule has 2 heterocycles. The topological polar surface area (TPSA) is 84.1 Å². The second kappa shape index (κ2) is 5.13. The molecule has 0 spiro atoms. The highest BCUT2D eigenvalue weighted by Crippen LogP contribution is 2.06. The lowest BCUT2D eigenvalue weighted by Crippen LogP contribution is -2.17. The number of aromatic nitrogens is 2. The third-order valence-corrected chi connectivity index (χ3v) is 2.28. The number of anilines is 1.